The number of carbonyl (C=O) groups is 1. The standard InChI is InChI=1S/C11H17NO3/c13-11(12-15-7-2-1-3-7)9-6-8-4-5-10(9)14-8/h7-10H,1-6H2,(H,12,13)/t8-,9+,10+/m0/s1. The summed E-state index contributed by atoms with van der Waals surface area (Å²) < 4.78 is 5.64. The van der Waals surface area contributed by atoms with Crippen LogP contribution in [0.5, 0.6) is 0 Å². The van der Waals surface area contributed by atoms with Crippen LogP contribution in [0.1, 0.15) is 38.5 Å². The second kappa shape index (κ2) is 3.76. The molecule has 2 bridgehead atoms. The summed E-state index contributed by atoms with van der Waals surface area (Å²) in [5.74, 6) is 0.0536. The van der Waals surface area contributed by atoms with Gasteiger partial charge < -0.3 is 4.74 Å². The van der Waals surface area contributed by atoms with E-state index in [1.807, 2.05) is 0 Å². The molecule has 1 N–H and O–H groups in total. The van der Waals surface area contributed by atoms with Crippen molar-refractivity contribution in [3.8, 4) is 0 Å². The van der Waals surface area contributed by atoms with E-state index in [4.69, 9.17) is 9.57 Å². The summed E-state index contributed by atoms with van der Waals surface area (Å²) in [6.45, 7) is 0. The van der Waals surface area contributed by atoms with E-state index in [1.54, 1.807) is 0 Å². The smallest absolute Gasteiger partial charge is 0.249 e. The van der Waals surface area contributed by atoms with Gasteiger partial charge in [-0.05, 0) is 38.5 Å². The van der Waals surface area contributed by atoms with Crippen molar-refractivity contribution < 1.29 is 14.4 Å². The average molecular weight is 211 g/mol. The third kappa shape index (κ3) is 1.76. The molecule has 3 fully saturated rings. The van der Waals surface area contributed by atoms with Gasteiger partial charge in [-0.2, -0.15) is 0 Å². The Morgan fingerprint density at radius 1 is 1.27 bits per heavy atom. The molecule has 1 saturated carbocycles. The van der Waals surface area contributed by atoms with Gasteiger partial charge in [0.2, 0.25) is 5.91 Å². The summed E-state index contributed by atoms with van der Waals surface area (Å²) in [4.78, 5) is 17.1. The van der Waals surface area contributed by atoms with Crippen molar-refractivity contribution >= 4 is 5.91 Å². The fourth-order valence-corrected chi connectivity index (χ4v) is 2.62. The zero-order chi connectivity index (χ0) is 10.3. The molecule has 0 aromatic rings. The second-order valence-corrected chi connectivity index (χ2v) is 4.85. The van der Waals surface area contributed by atoms with Crippen molar-refractivity contribution in [2.45, 2.75) is 56.8 Å². The van der Waals surface area contributed by atoms with Gasteiger partial charge in [0, 0.05) is 0 Å². The van der Waals surface area contributed by atoms with Crippen molar-refractivity contribution in [2.75, 3.05) is 0 Å². The topological polar surface area (TPSA) is 47.6 Å². The van der Waals surface area contributed by atoms with Crippen LogP contribution in [-0.2, 0) is 14.4 Å². The highest BCUT2D eigenvalue weighted by molar-refractivity contribution is 5.78. The molecular formula is C11H17NO3. The molecule has 15 heavy (non-hydrogen) atoms. The van der Waals surface area contributed by atoms with Gasteiger partial charge in [0.1, 0.15) is 0 Å². The van der Waals surface area contributed by atoms with E-state index in [0.29, 0.717) is 6.10 Å². The molecule has 4 heteroatoms. The normalized spacial score (nSPS) is 39.1. The molecule has 0 radical (unpaired) electrons. The number of hydrogen-bond donors (Lipinski definition) is 1. The maximum absolute atomic E-state index is 11.8. The van der Waals surface area contributed by atoms with E-state index in [2.05, 4.69) is 5.48 Å². The summed E-state index contributed by atoms with van der Waals surface area (Å²) in [6.07, 6.45) is 7.15. The third-order valence-electron chi connectivity index (χ3n) is 3.82. The first-order valence-corrected chi connectivity index (χ1v) is 5.94. The Labute approximate surface area is 89.3 Å². The average Bonchev–Trinajstić information content (AvgIpc) is 2.75. The number of nitrogens with one attached hydrogen (secondary N) is 1. The highest BCUT2D eigenvalue weighted by Crippen LogP contribution is 2.38. The van der Waals surface area contributed by atoms with Crippen molar-refractivity contribution in [3.63, 3.8) is 0 Å². The van der Waals surface area contributed by atoms with E-state index in [9.17, 15) is 4.79 Å². The lowest BCUT2D eigenvalue weighted by Gasteiger charge is -2.26. The Balaban J connectivity index is 1.47. The predicted molar refractivity (Wildman–Crippen MR) is 52.9 cm³/mol. The van der Waals surface area contributed by atoms with Crippen molar-refractivity contribution in [1.82, 2.24) is 5.48 Å². The summed E-state index contributed by atoms with van der Waals surface area (Å²) in [5, 5.41) is 0. The van der Waals surface area contributed by atoms with E-state index in [1.165, 1.54) is 6.42 Å². The van der Waals surface area contributed by atoms with E-state index >= 15 is 0 Å². The number of fused-ring (bicyclic) bond motifs is 2. The number of rotatable bonds is 3. The number of hydroxylamine groups is 1. The molecule has 2 aliphatic heterocycles. The monoisotopic (exact) mass is 211 g/mol. The third-order valence-corrected chi connectivity index (χ3v) is 3.82. The Morgan fingerprint density at radius 3 is 2.67 bits per heavy atom. The molecule has 3 aliphatic rings. The number of hydrogen-bond acceptors (Lipinski definition) is 3. The van der Waals surface area contributed by atoms with Crippen LogP contribution in [0, 0.1) is 5.92 Å². The maximum atomic E-state index is 11.8. The quantitative estimate of drug-likeness (QED) is 0.712. The van der Waals surface area contributed by atoms with Gasteiger partial charge in [-0.3, -0.25) is 9.63 Å². The minimum Gasteiger partial charge on any atom is -0.374 e. The van der Waals surface area contributed by atoms with Crippen LogP contribution < -0.4 is 5.48 Å². The first kappa shape index (κ1) is 9.60. The van der Waals surface area contributed by atoms with E-state index in [0.717, 1.165) is 32.1 Å². The number of amides is 1. The Kier molecular flexibility index (Phi) is 2.41. The molecule has 84 valence electrons. The second-order valence-electron chi connectivity index (χ2n) is 4.85. The largest absolute Gasteiger partial charge is 0.374 e. The van der Waals surface area contributed by atoms with Crippen LogP contribution in [0.4, 0.5) is 0 Å². The van der Waals surface area contributed by atoms with Gasteiger partial charge in [0.25, 0.3) is 0 Å². The maximum Gasteiger partial charge on any atom is 0.249 e. The first-order chi connectivity index (χ1) is 7.33. The summed E-state index contributed by atoms with van der Waals surface area (Å²) in [6, 6.07) is 0. The van der Waals surface area contributed by atoms with Crippen LogP contribution in [0.15, 0.2) is 0 Å². The fraction of sp³-hybridized carbons (Fsp3) is 0.909. The molecule has 3 rings (SSSR count). The molecule has 1 amide bonds. The fourth-order valence-electron chi connectivity index (χ4n) is 2.62. The minimum absolute atomic E-state index is 0.0223. The van der Waals surface area contributed by atoms with Crippen molar-refractivity contribution in [2.24, 2.45) is 5.92 Å². The number of carbonyl (C=O) groups excluding carboxylic acids is 1. The summed E-state index contributed by atoms with van der Waals surface area (Å²) in [5.41, 5.74) is 2.59. The van der Waals surface area contributed by atoms with Crippen LogP contribution in [0.25, 0.3) is 0 Å². The Hall–Kier alpha value is -0.610. The van der Waals surface area contributed by atoms with Crippen LogP contribution in [0.2, 0.25) is 0 Å². The van der Waals surface area contributed by atoms with Gasteiger partial charge in [0.05, 0.1) is 24.2 Å². The lowest BCUT2D eigenvalue weighted by Crippen LogP contribution is -2.39. The number of ether oxygens (including phenoxy) is 1. The summed E-state index contributed by atoms with van der Waals surface area (Å²) >= 11 is 0. The van der Waals surface area contributed by atoms with Crippen molar-refractivity contribution in [3.05, 3.63) is 0 Å². The first-order valence-electron chi connectivity index (χ1n) is 5.94. The summed E-state index contributed by atoms with van der Waals surface area (Å²) in [7, 11) is 0. The van der Waals surface area contributed by atoms with Gasteiger partial charge in [0.15, 0.2) is 0 Å². The molecular weight excluding hydrogens is 194 g/mol. The van der Waals surface area contributed by atoms with Gasteiger partial charge >= 0.3 is 0 Å². The Morgan fingerprint density at radius 2 is 2.13 bits per heavy atom. The van der Waals surface area contributed by atoms with Crippen LogP contribution >= 0.6 is 0 Å². The highest BCUT2D eigenvalue weighted by atomic mass is 16.7. The predicted octanol–water partition coefficient (Wildman–Crippen LogP) is 1.15. The Bertz CT molecular complexity index is 265. The van der Waals surface area contributed by atoms with E-state index in [-0.39, 0.29) is 24.0 Å². The molecule has 3 atom stereocenters. The van der Waals surface area contributed by atoms with E-state index < -0.39 is 0 Å². The minimum atomic E-state index is 0.0223. The highest BCUT2D eigenvalue weighted by Gasteiger charge is 2.44. The van der Waals surface area contributed by atoms with Gasteiger partial charge in [-0.25, -0.2) is 5.48 Å². The zero-order valence-corrected chi connectivity index (χ0v) is 8.78. The van der Waals surface area contributed by atoms with Crippen molar-refractivity contribution in [1.29, 1.82) is 0 Å². The zero-order valence-electron chi connectivity index (χ0n) is 8.78. The molecule has 2 heterocycles. The van der Waals surface area contributed by atoms with Gasteiger partial charge in [-0.1, -0.05) is 0 Å². The molecule has 0 aromatic carbocycles. The SMILES string of the molecule is O=C(NOC1CCC1)[C@@H]1C[C@@H]2CC[C@H]1O2. The molecule has 0 aromatic heterocycles. The molecule has 0 unspecified atom stereocenters. The van der Waals surface area contributed by atoms with Gasteiger partial charge in [-0.15, -0.1) is 0 Å². The lowest BCUT2D eigenvalue weighted by molar-refractivity contribution is -0.148. The molecule has 0 spiro atoms. The molecule has 1 aliphatic carbocycles. The lowest BCUT2D eigenvalue weighted by atomic mass is 9.89. The molecule has 4 nitrogen and oxygen atoms in total. The van der Waals surface area contributed by atoms with Crippen LogP contribution in [-0.4, -0.2) is 24.2 Å². The van der Waals surface area contributed by atoms with Crippen LogP contribution in [0.3, 0.4) is 0 Å². The molecule has 2 saturated heterocycles.